The van der Waals surface area contributed by atoms with Crippen LogP contribution in [-0.4, -0.2) is 22.5 Å². The molecule has 1 rings (SSSR count). The van der Waals surface area contributed by atoms with Gasteiger partial charge in [0, 0.05) is 0 Å². The van der Waals surface area contributed by atoms with E-state index in [-0.39, 0.29) is 6.61 Å². The average Bonchev–Trinajstić information content (AvgIpc) is 2.52. The van der Waals surface area contributed by atoms with Crippen molar-refractivity contribution in [3.8, 4) is 0 Å². The predicted molar refractivity (Wildman–Crippen MR) is 39.1 cm³/mol. The van der Waals surface area contributed by atoms with E-state index in [1.165, 1.54) is 18.6 Å². The zero-order chi connectivity index (χ0) is 8.10. The van der Waals surface area contributed by atoms with Gasteiger partial charge in [-0.15, -0.1) is 0 Å². The zero-order valence-electron chi connectivity index (χ0n) is 5.91. The summed E-state index contributed by atoms with van der Waals surface area (Å²) in [6, 6.07) is 0. The number of imidazole rings is 1. The molecule has 0 radical (unpaired) electrons. The number of esters is 1. The topological polar surface area (TPSA) is 55.0 Å². The van der Waals surface area contributed by atoms with Gasteiger partial charge in [0.2, 0.25) is 0 Å². The van der Waals surface area contributed by atoms with Gasteiger partial charge in [-0.25, -0.2) is 9.78 Å². The maximum Gasteiger partial charge on any atom is 0.356 e. The number of nitrogens with zero attached hydrogens (tertiary/aromatic N) is 1. The minimum Gasteiger partial charge on any atom is -0.457 e. The van der Waals surface area contributed by atoms with E-state index in [4.69, 9.17) is 4.74 Å². The summed E-state index contributed by atoms with van der Waals surface area (Å²) in [4.78, 5) is 17.2. The Balaban J connectivity index is 2.49. The normalized spacial score (nSPS) is 9.09. The van der Waals surface area contributed by atoms with Crippen molar-refractivity contribution in [2.45, 2.75) is 0 Å². The molecule has 1 heterocycles. The lowest BCUT2D eigenvalue weighted by Gasteiger charge is -1.96. The lowest BCUT2D eigenvalue weighted by molar-refractivity contribution is 0.0543. The van der Waals surface area contributed by atoms with Gasteiger partial charge in [-0.2, -0.15) is 0 Å². The van der Waals surface area contributed by atoms with Crippen LogP contribution >= 0.6 is 0 Å². The first-order chi connectivity index (χ1) is 5.34. The molecule has 0 bridgehead atoms. The van der Waals surface area contributed by atoms with Gasteiger partial charge in [0.05, 0.1) is 12.5 Å². The van der Waals surface area contributed by atoms with Gasteiger partial charge in [0.1, 0.15) is 12.3 Å². The Morgan fingerprint density at radius 3 is 3.27 bits per heavy atom. The molecule has 1 N–H and O–H groups in total. The smallest absolute Gasteiger partial charge is 0.356 e. The maximum absolute atomic E-state index is 10.9. The molecule has 0 unspecified atom stereocenters. The van der Waals surface area contributed by atoms with Crippen molar-refractivity contribution in [2.24, 2.45) is 0 Å². The Morgan fingerprint density at radius 1 is 1.91 bits per heavy atom. The molecule has 0 aliphatic heterocycles. The third kappa shape index (κ3) is 1.93. The summed E-state index contributed by atoms with van der Waals surface area (Å²) in [7, 11) is 0. The van der Waals surface area contributed by atoms with E-state index in [1.807, 2.05) is 0 Å². The van der Waals surface area contributed by atoms with Gasteiger partial charge >= 0.3 is 5.97 Å². The van der Waals surface area contributed by atoms with E-state index in [2.05, 4.69) is 16.5 Å². The number of carbonyl (C=O) groups is 1. The quantitative estimate of drug-likeness (QED) is 0.513. The Kier molecular flexibility index (Phi) is 2.43. The zero-order valence-corrected chi connectivity index (χ0v) is 5.91. The molecule has 1 aromatic heterocycles. The SMILES string of the molecule is C=CCOC(=O)c1cnc[nH]1. The fourth-order valence-corrected chi connectivity index (χ4v) is 0.580. The summed E-state index contributed by atoms with van der Waals surface area (Å²) in [5.41, 5.74) is 0.354. The lowest BCUT2D eigenvalue weighted by atomic mass is 10.5. The van der Waals surface area contributed by atoms with Crippen molar-refractivity contribution in [1.82, 2.24) is 9.97 Å². The van der Waals surface area contributed by atoms with Crippen molar-refractivity contribution in [2.75, 3.05) is 6.61 Å². The second-order valence-corrected chi connectivity index (χ2v) is 1.85. The van der Waals surface area contributed by atoms with Crippen LogP contribution < -0.4 is 0 Å². The van der Waals surface area contributed by atoms with Crippen molar-refractivity contribution >= 4 is 5.97 Å². The highest BCUT2D eigenvalue weighted by atomic mass is 16.5. The third-order valence-corrected chi connectivity index (χ3v) is 1.05. The number of carbonyl (C=O) groups excluding carboxylic acids is 1. The summed E-state index contributed by atoms with van der Waals surface area (Å²) in [6.45, 7) is 3.63. The molecule has 0 amide bonds. The Hall–Kier alpha value is -1.58. The van der Waals surface area contributed by atoms with E-state index < -0.39 is 5.97 Å². The number of ether oxygens (including phenoxy) is 1. The molecule has 0 aliphatic rings. The van der Waals surface area contributed by atoms with Crippen LogP contribution in [-0.2, 0) is 4.74 Å². The van der Waals surface area contributed by atoms with E-state index in [0.717, 1.165) is 0 Å². The fraction of sp³-hybridized carbons (Fsp3) is 0.143. The van der Waals surface area contributed by atoms with Crippen LogP contribution in [0.2, 0.25) is 0 Å². The predicted octanol–water partition coefficient (Wildman–Crippen LogP) is 0.752. The molecular weight excluding hydrogens is 144 g/mol. The maximum atomic E-state index is 10.9. The molecule has 4 nitrogen and oxygen atoms in total. The van der Waals surface area contributed by atoms with Crippen LogP contribution in [0.25, 0.3) is 0 Å². The fourth-order valence-electron chi connectivity index (χ4n) is 0.580. The highest BCUT2D eigenvalue weighted by Gasteiger charge is 2.05. The molecule has 0 fully saturated rings. The van der Waals surface area contributed by atoms with Gasteiger partial charge in [-0.3, -0.25) is 0 Å². The molecule has 0 aromatic carbocycles. The van der Waals surface area contributed by atoms with Crippen molar-refractivity contribution in [3.05, 3.63) is 30.9 Å². The van der Waals surface area contributed by atoms with E-state index in [9.17, 15) is 4.79 Å². The minimum absolute atomic E-state index is 0.220. The molecule has 11 heavy (non-hydrogen) atoms. The number of H-pyrrole nitrogens is 1. The molecule has 1 aromatic rings. The molecule has 58 valence electrons. The Labute approximate surface area is 63.9 Å². The summed E-state index contributed by atoms with van der Waals surface area (Å²) >= 11 is 0. The largest absolute Gasteiger partial charge is 0.457 e. The van der Waals surface area contributed by atoms with Crippen LogP contribution in [0.5, 0.6) is 0 Å². The molecular formula is C7H8N2O2. The van der Waals surface area contributed by atoms with E-state index >= 15 is 0 Å². The van der Waals surface area contributed by atoms with E-state index in [0.29, 0.717) is 5.69 Å². The Morgan fingerprint density at radius 2 is 2.73 bits per heavy atom. The van der Waals surface area contributed by atoms with Crippen LogP contribution in [0.1, 0.15) is 10.5 Å². The molecule has 4 heteroatoms. The average molecular weight is 152 g/mol. The van der Waals surface area contributed by atoms with Crippen molar-refractivity contribution in [1.29, 1.82) is 0 Å². The van der Waals surface area contributed by atoms with Crippen molar-refractivity contribution in [3.63, 3.8) is 0 Å². The minimum atomic E-state index is -0.414. The number of hydrogen-bond acceptors (Lipinski definition) is 3. The number of nitrogens with one attached hydrogen (secondary N) is 1. The lowest BCUT2D eigenvalue weighted by Crippen LogP contribution is -2.04. The number of rotatable bonds is 3. The molecule has 0 saturated heterocycles. The summed E-state index contributed by atoms with van der Waals surface area (Å²) in [6.07, 6.45) is 4.34. The van der Waals surface area contributed by atoms with Crippen LogP contribution in [0, 0.1) is 0 Å². The molecule has 0 atom stereocenters. The summed E-state index contributed by atoms with van der Waals surface area (Å²) in [5, 5.41) is 0. The molecule has 0 saturated carbocycles. The first-order valence-electron chi connectivity index (χ1n) is 3.11. The van der Waals surface area contributed by atoms with Gasteiger partial charge in [0.25, 0.3) is 0 Å². The second-order valence-electron chi connectivity index (χ2n) is 1.85. The van der Waals surface area contributed by atoms with Crippen LogP contribution in [0.3, 0.4) is 0 Å². The van der Waals surface area contributed by atoms with Gasteiger partial charge in [0.15, 0.2) is 0 Å². The molecule has 0 aliphatic carbocycles. The Bertz CT molecular complexity index is 241. The number of hydrogen-bond donors (Lipinski definition) is 1. The summed E-state index contributed by atoms with van der Waals surface area (Å²) in [5.74, 6) is -0.414. The standard InChI is InChI=1S/C7H8N2O2/c1-2-3-11-7(10)6-4-8-5-9-6/h2,4-5H,1,3H2,(H,8,9). The number of aromatic nitrogens is 2. The van der Waals surface area contributed by atoms with Crippen LogP contribution in [0.15, 0.2) is 25.2 Å². The first-order valence-corrected chi connectivity index (χ1v) is 3.11. The highest BCUT2D eigenvalue weighted by molar-refractivity contribution is 5.86. The monoisotopic (exact) mass is 152 g/mol. The third-order valence-electron chi connectivity index (χ3n) is 1.05. The highest BCUT2D eigenvalue weighted by Crippen LogP contribution is 1.93. The van der Waals surface area contributed by atoms with Crippen molar-refractivity contribution < 1.29 is 9.53 Å². The van der Waals surface area contributed by atoms with Gasteiger partial charge in [-0.05, 0) is 0 Å². The molecule has 0 spiro atoms. The van der Waals surface area contributed by atoms with Crippen LogP contribution in [0.4, 0.5) is 0 Å². The van der Waals surface area contributed by atoms with E-state index in [1.54, 1.807) is 0 Å². The van der Waals surface area contributed by atoms with Gasteiger partial charge in [-0.1, -0.05) is 12.7 Å². The number of aromatic amines is 1. The van der Waals surface area contributed by atoms with Gasteiger partial charge < -0.3 is 9.72 Å². The second kappa shape index (κ2) is 3.55. The first kappa shape index (κ1) is 7.53. The summed E-state index contributed by atoms with van der Waals surface area (Å²) < 4.78 is 4.71.